The van der Waals surface area contributed by atoms with Gasteiger partial charge in [0.1, 0.15) is 5.75 Å². The number of aliphatic hydroxyl groups is 1. The van der Waals surface area contributed by atoms with Gasteiger partial charge in [0.05, 0.1) is 50.8 Å². The molecule has 2 N–H and O–H groups in total. The molecule has 2 fully saturated rings. The Morgan fingerprint density at radius 3 is 2.47 bits per heavy atom. The van der Waals surface area contributed by atoms with E-state index in [9.17, 15) is 9.90 Å². The topological polar surface area (TPSA) is 109 Å². The minimum atomic E-state index is -0.155. The molecule has 0 aliphatic carbocycles. The van der Waals surface area contributed by atoms with E-state index in [1.54, 1.807) is 25.4 Å². The van der Waals surface area contributed by atoms with Crippen molar-refractivity contribution in [2.24, 2.45) is 0 Å². The third-order valence-electron chi connectivity index (χ3n) is 7.69. The molecule has 0 spiro atoms. The number of nitrogens with one attached hydrogen (secondary N) is 1. The third-order valence-corrected chi connectivity index (χ3v) is 7.69. The van der Waals surface area contributed by atoms with Crippen molar-refractivity contribution in [2.75, 3.05) is 77.6 Å². The number of piperazine rings is 1. The molecule has 2 saturated heterocycles. The highest BCUT2D eigenvalue weighted by Gasteiger charge is 2.24. The normalized spacial score (nSPS) is 16.4. The van der Waals surface area contributed by atoms with E-state index in [0.29, 0.717) is 49.8 Å². The van der Waals surface area contributed by atoms with E-state index in [1.165, 1.54) is 0 Å². The Bertz CT molecular complexity index is 1350. The Labute approximate surface area is 253 Å². The van der Waals surface area contributed by atoms with Crippen molar-refractivity contribution in [3.8, 4) is 17.2 Å². The molecule has 2 aliphatic heterocycles. The number of morpholine rings is 1. The predicted octanol–water partition coefficient (Wildman–Crippen LogP) is 3.09. The van der Waals surface area contributed by atoms with Crippen molar-refractivity contribution in [1.29, 1.82) is 0 Å². The zero-order valence-electron chi connectivity index (χ0n) is 25.4. The average molecular weight is 594 g/mol. The predicted molar refractivity (Wildman–Crippen MR) is 165 cm³/mol. The van der Waals surface area contributed by atoms with E-state index in [-0.39, 0.29) is 18.6 Å². The number of aliphatic hydroxyl groups excluding tert-OH is 1. The van der Waals surface area contributed by atoms with E-state index in [1.807, 2.05) is 43.1 Å². The second-order valence-electron chi connectivity index (χ2n) is 11.1. The minimum Gasteiger partial charge on any atom is -0.493 e. The van der Waals surface area contributed by atoms with Crippen molar-refractivity contribution in [2.45, 2.75) is 33.0 Å². The Kier molecular flexibility index (Phi) is 10.5. The van der Waals surface area contributed by atoms with Crippen molar-refractivity contribution < 1.29 is 28.8 Å². The van der Waals surface area contributed by atoms with Crippen molar-refractivity contribution >= 4 is 22.5 Å². The monoisotopic (exact) mass is 593 g/mol. The largest absolute Gasteiger partial charge is 0.493 e. The first-order chi connectivity index (χ1) is 20.9. The maximum atomic E-state index is 12.9. The summed E-state index contributed by atoms with van der Waals surface area (Å²) < 4.78 is 23.0. The van der Waals surface area contributed by atoms with Gasteiger partial charge in [0, 0.05) is 74.6 Å². The van der Waals surface area contributed by atoms with Gasteiger partial charge in [0.25, 0.3) is 5.91 Å². The standard InChI is InChI=1S/C32H43N5O6/c1-23(2)43-26-7-5-24(6-8-26)32(39)34-37-12-10-36(11-13-37)31-25(22-38)21-33-28-20-30(29(40-3)19-27(28)31)42-16-4-9-35-14-17-41-18-15-35/h5-8,19-21,23,38H,4,9-18,22H2,1-3H3,(H,34,39). The zero-order valence-corrected chi connectivity index (χ0v) is 25.4. The SMILES string of the molecule is COc1cc2c(N3CCN(NC(=O)c4ccc(OC(C)C)cc4)CC3)c(CO)cnc2cc1OCCCN1CCOCC1. The Morgan fingerprint density at radius 2 is 1.79 bits per heavy atom. The molecule has 3 aromatic rings. The van der Waals surface area contributed by atoms with Gasteiger partial charge >= 0.3 is 0 Å². The first kappa shape index (κ1) is 30.8. The summed E-state index contributed by atoms with van der Waals surface area (Å²) in [6, 6.07) is 11.0. The summed E-state index contributed by atoms with van der Waals surface area (Å²) in [5.74, 6) is 1.87. The van der Waals surface area contributed by atoms with Crippen LogP contribution in [0, 0.1) is 0 Å². The lowest BCUT2D eigenvalue weighted by molar-refractivity contribution is 0.0357. The number of carbonyl (C=O) groups is 1. The zero-order chi connectivity index (χ0) is 30.2. The number of carbonyl (C=O) groups excluding carboxylic acids is 1. The van der Waals surface area contributed by atoms with Gasteiger partial charge in [0.15, 0.2) is 11.5 Å². The van der Waals surface area contributed by atoms with E-state index < -0.39 is 0 Å². The molecule has 232 valence electrons. The minimum absolute atomic E-state index is 0.0760. The fourth-order valence-electron chi connectivity index (χ4n) is 5.49. The van der Waals surface area contributed by atoms with Crippen LogP contribution in [-0.4, -0.2) is 105 Å². The quantitative estimate of drug-likeness (QED) is 0.304. The van der Waals surface area contributed by atoms with Crippen LogP contribution in [0.25, 0.3) is 10.9 Å². The van der Waals surface area contributed by atoms with Crippen LogP contribution in [0.4, 0.5) is 5.69 Å². The number of methoxy groups -OCH3 is 1. The maximum absolute atomic E-state index is 12.9. The molecule has 0 radical (unpaired) electrons. The summed E-state index contributed by atoms with van der Waals surface area (Å²) in [5.41, 5.74) is 6.05. The molecule has 0 atom stereocenters. The number of nitrogens with zero attached hydrogens (tertiary/aromatic N) is 4. The molecule has 0 bridgehead atoms. The first-order valence-electron chi connectivity index (χ1n) is 15.1. The number of hydrazine groups is 1. The number of hydrogen-bond donors (Lipinski definition) is 2. The molecule has 43 heavy (non-hydrogen) atoms. The van der Waals surface area contributed by atoms with Crippen molar-refractivity contribution in [3.63, 3.8) is 0 Å². The molecule has 1 aromatic heterocycles. The van der Waals surface area contributed by atoms with Gasteiger partial charge in [-0.2, -0.15) is 0 Å². The fourth-order valence-corrected chi connectivity index (χ4v) is 5.49. The summed E-state index contributed by atoms with van der Waals surface area (Å²) in [5, 5.41) is 13.0. The Balaban J connectivity index is 1.23. The summed E-state index contributed by atoms with van der Waals surface area (Å²) in [4.78, 5) is 22.1. The number of pyridine rings is 1. The number of aromatic nitrogens is 1. The number of rotatable bonds is 12. The molecule has 3 heterocycles. The maximum Gasteiger partial charge on any atom is 0.265 e. The van der Waals surface area contributed by atoms with Gasteiger partial charge in [-0.15, -0.1) is 0 Å². The highest BCUT2D eigenvalue weighted by molar-refractivity contribution is 5.96. The van der Waals surface area contributed by atoms with Crippen LogP contribution in [0.3, 0.4) is 0 Å². The van der Waals surface area contributed by atoms with Gasteiger partial charge < -0.3 is 29.0 Å². The van der Waals surface area contributed by atoms with E-state index in [4.69, 9.17) is 18.9 Å². The van der Waals surface area contributed by atoms with Gasteiger partial charge in [-0.3, -0.25) is 20.1 Å². The second-order valence-corrected chi connectivity index (χ2v) is 11.1. The van der Waals surface area contributed by atoms with Gasteiger partial charge in [-0.05, 0) is 50.6 Å². The van der Waals surface area contributed by atoms with Gasteiger partial charge in [-0.1, -0.05) is 0 Å². The summed E-state index contributed by atoms with van der Waals surface area (Å²) in [6.07, 6.45) is 2.71. The fraction of sp³-hybridized carbons (Fsp3) is 0.500. The lowest BCUT2D eigenvalue weighted by Gasteiger charge is -2.37. The molecule has 1 amide bonds. The summed E-state index contributed by atoms with van der Waals surface area (Å²) >= 11 is 0. The van der Waals surface area contributed by atoms with Crippen LogP contribution in [0.15, 0.2) is 42.6 Å². The Morgan fingerprint density at radius 1 is 1.05 bits per heavy atom. The summed E-state index contributed by atoms with van der Waals surface area (Å²) in [7, 11) is 1.64. The van der Waals surface area contributed by atoms with E-state index in [0.717, 1.165) is 67.2 Å². The molecule has 0 saturated carbocycles. The molecular formula is C32H43N5O6. The van der Waals surface area contributed by atoms with Gasteiger partial charge in [-0.25, -0.2) is 5.01 Å². The molecule has 2 aliphatic rings. The van der Waals surface area contributed by atoms with Crippen LogP contribution in [0.1, 0.15) is 36.2 Å². The molecular weight excluding hydrogens is 550 g/mol. The number of amides is 1. The molecule has 0 unspecified atom stereocenters. The number of ether oxygens (including phenoxy) is 4. The number of hydrogen-bond acceptors (Lipinski definition) is 10. The number of benzene rings is 2. The third kappa shape index (κ3) is 7.85. The number of fused-ring (bicyclic) bond motifs is 1. The number of anilines is 1. The molecule has 2 aromatic carbocycles. The highest BCUT2D eigenvalue weighted by atomic mass is 16.5. The first-order valence-corrected chi connectivity index (χ1v) is 15.1. The lowest BCUT2D eigenvalue weighted by Crippen LogP contribution is -2.53. The summed E-state index contributed by atoms with van der Waals surface area (Å²) in [6.45, 7) is 11.4. The average Bonchev–Trinajstić information content (AvgIpc) is 3.03. The molecule has 5 rings (SSSR count). The Hall–Kier alpha value is -3.64. The van der Waals surface area contributed by atoms with E-state index >= 15 is 0 Å². The smallest absolute Gasteiger partial charge is 0.265 e. The molecule has 11 heteroatoms. The van der Waals surface area contributed by atoms with Crippen LogP contribution < -0.4 is 24.5 Å². The van der Waals surface area contributed by atoms with Crippen molar-refractivity contribution in [1.82, 2.24) is 20.3 Å². The van der Waals surface area contributed by atoms with E-state index in [2.05, 4.69) is 20.2 Å². The van der Waals surface area contributed by atoms with Crippen LogP contribution >= 0.6 is 0 Å². The van der Waals surface area contributed by atoms with Gasteiger partial charge in [0.2, 0.25) is 0 Å². The van der Waals surface area contributed by atoms with Crippen LogP contribution in [-0.2, 0) is 11.3 Å². The second kappa shape index (κ2) is 14.7. The molecule has 11 nitrogen and oxygen atoms in total. The van der Waals surface area contributed by atoms with Crippen molar-refractivity contribution in [3.05, 3.63) is 53.7 Å². The highest BCUT2D eigenvalue weighted by Crippen LogP contribution is 2.38. The lowest BCUT2D eigenvalue weighted by atomic mass is 10.1. The van der Waals surface area contributed by atoms with Crippen LogP contribution in [0.2, 0.25) is 0 Å². The van der Waals surface area contributed by atoms with Crippen LogP contribution in [0.5, 0.6) is 17.2 Å².